The fraction of sp³-hybridized carbons (Fsp3) is 0.500. The van der Waals surface area contributed by atoms with Crippen molar-refractivity contribution in [3.8, 4) is 0 Å². The van der Waals surface area contributed by atoms with Crippen molar-refractivity contribution < 1.29 is 0 Å². The van der Waals surface area contributed by atoms with Gasteiger partial charge < -0.3 is 11.1 Å². The lowest BCUT2D eigenvalue weighted by Crippen LogP contribution is -2.20. The topological polar surface area (TPSA) is 38.0 Å². The summed E-state index contributed by atoms with van der Waals surface area (Å²) < 4.78 is 0. The number of nitrogens with one attached hydrogen (secondary N) is 1. The summed E-state index contributed by atoms with van der Waals surface area (Å²) >= 11 is 1.94. The Morgan fingerprint density at radius 3 is 3.00 bits per heavy atom. The highest BCUT2D eigenvalue weighted by Crippen LogP contribution is 2.48. The van der Waals surface area contributed by atoms with Crippen LogP contribution in [0.15, 0.2) is 23.1 Å². The van der Waals surface area contributed by atoms with Crippen molar-refractivity contribution in [2.75, 3.05) is 24.2 Å². The number of nitrogens with two attached hydrogens (primary N) is 1. The van der Waals surface area contributed by atoms with Crippen LogP contribution in [0.4, 0.5) is 5.69 Å². The Hall–Kier alpha value is -0.670. The van der Waals surface area contributed by atoms with E-state index in [1.54, 1.807) is 0 Å². The van der Waals surface area contributed by atoms with E-state index in [4.69, 9.17) is 5.73 Å². The first kappa shape index (κ1) is 9.55. The molecule has 0 atom stereocenters. The minimum Gasteiger partial charge on any atom is -0.383 e. The van der Waals surface area contributed by atoms with Gasteiger partial charge in [-0.15, -0.1) is 11.8 Å². The maximum absolute atomic E-state index is 5.85. The molecule has 3 heteroatoms. The Balaban J connectivity index is 1.97. The van der Waals surface area contributed by atoms with Crippen LogP contribution in [-0.2, 0) is 5.41 Å². The molecule has 0 radical (unpaired) electrons. The maximum atomic E-state index is 5.85. The molecule has 15 heavy (non-hydrogen) atoms. The third-order valence-electron chi connectivity index (χ3n) is 3.51. The molecular weight excluding hydrogens is 204 g/mol. The molecule has 0 amide bonds. The van der Waals surface area contributed by atoms with E-state index in [1.807, 2.05) is 11.8 Å². The monoisotopic (exact) mass is 220 g/mol. The van der Waals surface area contributed by atoms with E-state index in [0.717, 1.165) is 13.1 Å². The summed E-state index contributed by atoms with van der Waals surface area (Å²) in [6.45, 7) is 1.87. The molecule has 0 aromatic heterocycles. The lowest BCUT2D eigenvalue weighted by atomic mass is 9.96. The van der Waals surface area contributed by atoms with Crippen LogP contribution in [0.25, 0.3) is 0 Å². The van der Waals surface area contributed by atoms with Gasteiger partial charge >= 0.3 is 0 Å². The van der Waals surface area contributed by atoms with Crippen LogP contribution in [0.1, 0.15) is 18.4 Å². The third-order valence-corrected chi connectivity index (χ3v) is 4.59. The van der Waals surface area contributed by atoms with Gasteiger partial charge in [0.2, 0.25) is 0 Å². The largest absolute Gasteiger partial charge is 0.383 e. The summed E-state index contributed by atoms with van der Waals surface area (Å²) in [5, 5.41) is 3.47. The van der Waals surface area contributed by atoms with Gasteiger partial charge in [-0.25, -0.2) is 0 Å². The van der Waals surface area contributed by atoms with E-state index < -0.39 is 0 Å². The predicted octanol–water partition coefficient (Wildman–Crippen LogP) is 2.19. The summed E-state index contributed by atoms with van der Waals surface area (Å²) in [5.41, 5.74) is 8.91. The van der Waals surface area contributed by atoms with Gasteiger partial charge in [0.15, 0.2) is 0 Å². The van der Waals surface area contributed by atoms with Crippen molar-refractivity contribution in [1.29, 1.82) is 0 Å². The van der Waals surface area contributed by atoms with E-state index >= 15 is 0 Å². The van der Waals surface area contributed by atoms with Gasteiger partial charge in [-0.1, -0.05) is 6.07 Å². The van der Waals surface area contributed by atoms with Crippen molar-refractivity contribution >= 4 is 17.4 Å². The first-order valence-corrected chi connectivity index (χ1v) is 6.54. The molecule has 80 valence electrons. The third kappa shape index (κ3) is 1.54. The van der Waals surface area contributed by atoms with Gasteiger partial charge in [0.25, 0.3) is 0 Å². The molecule has 0 saturated heterocycles. The number of anilines is 1. The Bertz CT molecular complexity index is 385. The molecule has 0 unspecified atom stereocenters. The quantitative estimate of drug-likeness (QED) is 0.802. The number of benzene rings is 1. The lowest BCUT2D eigenvalue weighted by molar-refractivity contribution is 0.704. The molecule has 2 aliphatic rings. The van der Waals surface area contributed by atoms with Gasteiger partial charge in [-0.2, -0.15) is 0 Å². The van der Waals surface area contributed by atoms with Crippen LogP contribution in [-0.4, -0.2) is 18.8 Å². The summed E-state index contributed by atoms with van der Waals surface area (Å²) in [5.74, 6) is 1.17. The summed E-state index contributed by atoms with van der Waals surface area (Å²) in [7, 11) is 0. The number of fused-ring (bicyclic) bond motifs is 1. The number of thioether (sulfide) groups is 1. The highest BCUT2D eigenvalue weighted by Gasteiger charge is 2.43. The second-order valence-electron chi connectivity index (χ2n) is 4.47. The van der Waals surface area contributed by atoms with Crippen molar-refractivity contribution in [2.24, 2.45) is 5.73 Å². The van der Waals surface area contributed by atoms with Crippen LogP contribution in [0, 0.1) is 0 Å². The minimum absolute atomic E-state index is 0.318. The van der Waals surface area contributed by atoms with E-state index in [2.05, 4.69) is 23.5 Å². The predicted molar refractivity (Wildman–Crippen MR) is 65.6 cm³/mol. The van der Waals surface area contributed by atoms with Crippen LogP contribution < -0.4 is 11.1 Å². The normalized spacial score (nSPS) is 21.7. The van der Waals surface area contributed by atoms with E-state index in [9.17, 15) is 0 Å². The van der Waals surface area contributed by atoms with Crippen molar-refractivity contribution in [3.05, 3.63) is 23.8 Å². The van der Waals surface area contributed by atoms with Gasteiger partial charge in [0.05, 0.1) is 0 Å². The van der Waals surface area contributed by atoms with Gasteiger partial charge in [-0.05, 0) is 30.5 Å². The molecule has 3 rings (SSSR count). The average molecular weight is 220 g/mol. The fourth-order valence-corrected chi connectivity index (χ4v) is 3.11. The Morgan fingerprint density at radius 2 is 2.27 bits per heavy atom. The molecule has 1 fully saturated rings. The zero-order valence-corrected chi connectivity index (χ0v) is 9.57. The second-order valence-corrected chi connectivity index (χ2v) is 5.61. The van der Waals surface area contributed by atoms with Gasteiger partial charge in [-0.3, -0.25) is 0 Å². The fourth-order valence-electron chi connectivity index (χ4n) is 2.23. The van der Waals surface area contributed by atoms with Crippen molar-refractivity contribution in [1.82, 2.24) is 0 Å². The summed E-state index contributed by atoms with van der Waals surface area (Å²) in [4.78, 5) is 1.39. The van der Waals surface area contributed by atoms with Crippen molar-refractivity contribution in [2.45, 2.75) is 23.2 Å². The molecule has 3 N–H and O–H groups in total. The van der Waals surface area contributed by atoms with E-state index in [0.29, 0.717) is 5.41 Å². The number of hydrogen-bond donors (Lipinski definition) is 2. The SMILES string of the molecule is NCC1(c2ccc3c(c2)NCCS3)CC1. The molecular formula is C12H16N2S. The van der Waals surface area contributed by atoms with Crippen LogP contribution in [0.5, 0.6) is 0 Å². The van der Waals surface area contributed by atoms with Gasteiger partial charge in [0.1, 0.15) is 0 Å². The smallest absolute Gasteiger partial charge is 0.0481 e. The zero-order chi connectivity index (χ0) is 10.3. The molecule has 2 nitrogen and oxygen atoms in total. The van der Waals surface area contributed by atoms with Crippen LogP contribution in [0.2, 0.25) is 0 Å². The minimum atomic E-state index is 0.318. The Morgan fingerprint density at radius 1 is 1.40 bits per heavy atom. The van der Waals surface area contributed by atoms with E-state index in [1.165, 1.54) is 34.7 Å². The molecule has 1 aromatic rings. The van der Waals surface area contributed by atoms with Crippen LogP contribution >= 0.6 is 11.8 Å². The standard InChI is InChI=1S/C12H16N2S/c13-8-12(3-4-12)9-1-2-11-10(7-9)14-5-6-15-11/h1-2,7,14H,3-6,8,13H2. The molecule has 1 aliphatic heterocycles. The lowest BCUT2D eigenvalue weighted by Gasteiger charge is -2.21. The van der Waals surface area contributed by atoms with Crippen LogP contribution in [0.3, 0.4) is 0 Å². The van der Waals surface area contributed by atoms with Crippen molar-refractivity contribution in [3.63, 3.8) is 0 Å². The molecule has 1 saturated carbocycles. The van der Waals surface area contributed by atoms with E-state index in [-0.39, 0.29) is 0 Å². The first-order valence-electron chi connectivity index (χ1n) is 5.55. The average Bonchev–Trinajstić information content (AvgIpc) is 3.09. The Labute approximate surface area is 94.6 Å². The number of hydrogen-bond acceptors (Lipinski definition) is 3. The molecule has 1 aliphatic carbocycles. The maximum Gasteiger partial charge on any atom is 0.0481 e. The highest BCUT2D eigenvalue weighted by molar-refractivity contribution is 7.99. The number of rotatable bonds is 2. The molecule has 0 bridgehead atoms. The molecule has 0 spiro atoms. The summed E-state index contributed by atoms with van der Waals surface area (Å²) in [6.07, 6.45) is 2.52. The summed E-state index contributed by atoms with van der Waals surface area (Å²) in [6, 6.07) is 6.82. The van der Waals surface area contributed by atoms with Gasteiger partial charge in [0, 0.05) is 34.8 Å². The Kier molecular flexibility index (Phi) is 2.18. The molecule has 1 aromatic carbocycles. The highest BCUT2D eigenvalue weighted by atomic mass is 32.2. The zero-order valence-electron chi connectivity index (χ0n) is 8.75. The second kappa shape index (κ2) is 3.42. The molecule has 1 heterocycles. The first-order chi connectivity index (χ1) is 7.34.